The van der Waals surface area contributed by atoms with Gasteiger partial charge in [-0.05, 0) is 54.2 Å². The summed E-state index contributed by atoms with van der Waals surface area (Å²) in [7, 11) is 0. The minimum Gasteiger partial charge on any atom is -0.354 e. The molecule has 0 saturated carbocycles. The molecule has 2 amide bonds. The van der Waals surface area contributed by atoms with Gasteiger partial charge in [0.1, 0.15) is 6.04 Å². The predicted molar refractivity (Wildman–Crippen MR) is 143 cm³/mol. The topological polar surface area (TPSA) is 49.4 Å². The number of carbonyl (C=O) groups excluding carboxylic acids is 2. The van der Waals surface area contributed by atoms with Gasteiger partial charge in [0.15, 0.2) is 0 Å². The van der Waals surface area contributed by atoms with Gasteiger partial charge in [-0.1, -0.05) is 91.7 Å². The first-order valence-electron chi connectivity index (χ1n) is 12.1. The summed E-state index contributed by atoms with van der Waals surface area (Å²) in [6.07, 6.45) is 0.667. The number of nitrogens with zero attached hydrogens (tertiary/aromatic N) is 1. The third-order valence-electron chi connectivity index (χ3n) is 6.04. The van der Waals surface area contributed by atoms with Gasteiger partial charge in [-0.3, -0.25) is 9.59 Å². The molecule has 0 spiro atoms. The minimum absolute atomic E-state index is 0.0840. The average Bonchev–Trinajstić information content (AvgIpc) is 2.82. The molecule has 0 aliphatic heterocycles. The molecule has 3 aromatic rings. The minimum atomic E-state index is -0.646. The van der Waals surface area contributed by atoms with Crippen LogP contribution < -0.4 is 5.32 Å². The Hall–Kier alpha value is -3.11. The number of benzene rings is 3. The zero-order chi connectivity index (χ0) is 25.4. The summed E-state index contributed by atoms with van der Waals surface area (Å²) in [5.41, 5.74) is 5.05. The molecule has 1 N–H and O–H groups in total. The van der Waals surface area contributed by atoms with E-state index in [1.807, 2.05) is 80.6 Å². The largest absolute Gasteiger partial charge is 0.354 e. The van der Waals surface area contributed by atoms with Gasteiger partial charge in [-0.15, -0.1) is 0 Å². The van der Waals surface area contributed by atoms with Gasteiger partial charge in [0.05, 0.1) is 6.42 Å². The van der Waals surface area contributed by atoms with Crippen LogP contribution in [0.5, 0.6) is 0 Å². The highest BCUT2D eigenvalue weighted by Gasteiger charge is 2.30. The van der Waals surface area contributed by atoms with Crippen molar-refractivity contribution in [1.29, 1.82) is 0 Å². The van der Waals surface area contributed by atoms with Crippen molar-refractivity contribution in [2.24, 2.45) is 5.92 Å². The van der Waals surface area contributed by atoms with Crippen molar-refractivity contribution in [3.63, 3.8) is 0 Å². The van der Waals surface area contributed by atoms with Crippen LogP contribution >= 0.6 is 11.6 Å². The van der Waals surface area contributed by atoms with Crippen molar-refractivity contribution in [3.05, 3.63) is 106 Å². The van der Waals surface area contributed by atoms with Crippen LogP contribution in [0.2, 0.25) is 5.02 Å². The Morgan fingerprint density at radius 3 is 2.31 bits per heavy atom. The molecule has 35 heavy (non-hydrogen) atoms. The Morgan fingerprint density at radius 2 is 1.63 bits per heavy atom. The van der Waals surface area contributed by atoms with E-state index in [1.165, 1.54) is 0 Å². The summed E-state index contributed by atoms with van der Waals surface area (Å²) in [6, 6.07) is 22.8. The van der Waals surface area contributed by atoms with Crippen molar-refractivity contribution in [1.82, 2.24) is 10.2 Å². The molecule has 4 nitrogen and oxygen atoms in total. The molecule has 0 heterocycles. The van der Waals surface area contributed by atoms with Gasteiger partial charge < -0.3 is 10.2 Å². The molecule has 3 aromatic carbocycles. The lowest BCUT2D eigenvalue weighted by Gasteiger charge is -2.32. The molecule has 1 atom stereocenters. The van der Waals surface area contributed by atoms with Crippen LogP contribution in [0.3, 0.4) is 0 Å². The first-order valence-corrected chi connectivity index (χ1v) is 12.5. The Bertz CT molecular complexity index is 1140. The second-order valence-electron chi connectivity index (χ2n) is 9.60. The van der Waals surface area contributed by atoms with E-state index in [9.17, 15) is 9.59 Å². The molecule has 0 aliphatic carbocycles. The maximum atomic E-state index is 13.9. The van der Waals surface area contributed by atoms with E-state index >= 15 is 0 Å². The van der Waals surface area contributed by atoms with Crippen LogP contribution in [0.25, 0.3) is 0 Å². The normalized spacial score (nSPS) is 11.8. The lowest BCUT2D eigenvalue weighted by atomic mass is 9.99. The Labute approximate surface area is 214 Å². The third-order valence-corrected chi connectivity index (χ3v) is 6.28. The highest BCUT2D eigenvalue weighted by Crippen LogP contribution is 2.20. The summed E-state index contributed by atoms with van der Waals surface area (Å²) >= 11 is 6.25. The van der Waals surface area contributed by atoms with Crippen molar-refractivity contribution in [2.75, 3.05) is 6.54 Å². The van der Waals surface area contributed by atoms with Crippen molar-refractivity contribution >= 4 is 23.4 Å². The van der Waals surface area contributed by atoms with E-state index in [2.05, 4.69) is 25.2 Å². The fraction of sp³-hybridized carbons (Fsp3) is 0.333. The zero-order valence-electron chi connectivity index (χ0n) is 21.1. The standard InChI is InChI=1S/C30H35ClN2O2/c1-21(2)19-32-30(35)28(17-24-9-6-5-7-10-24)33(20-25-11-8-12-27(31)16-25)29(34)18-26-15-22(3)13-14-23(26)4/h5-16,21,28H,17-20H2,1-4H3,(H,32,35). The first-order chi connectivity index (χ1) is 16.7. The van der Waals surface area contributed by atoms with Gasteiger partial charge in [0.2, 0.25) is 11.8 Å². The number of aryl methyl sites for hydroxylation is 2. The molecule has 3 rings (SSSR count). The number of carbonyl (C=O) groups is 2. The summed E-state index contributed by atoms with van der Waals surface area (Å²) in [4.78, 5) is 29.1. The van der Waals surface area contributed by atoms with Crippen molar-refractivity contribution in [2.45, 2.75) is 53.1 Å². The fourth-order valence-corrected chi connectivity index (χ4v) is 4.28. The number of amides is 2. The van der Waals surface area contributed by atoms with Crippen LogP contribution in [-0.2, 0) is 29.0 Å². The lowest BCUT2D eigenvalue weighted by molar-refractivity contribution is -0.140. The number of rotatable bonds is 10. The van der Waals surface area contributed by atoms with Crippen molar-refractivity contribution < 1.29 is 9.59 Å². The molecular weight excluding hydrogens is 456 g/mol. The lowest BCUT2D eigenvalue weighted by Crippen LogP contribution is -2.51. The Kier molecular flexibility index (Phi) is 9.50. The van der Waals surface area contributed by atoms with E-state index in [0.29, 0.717) is 30.5 Å². The van der Waals surface area contributed by atoms with E-state index in [-0.39, 0.29) is 18.2 Å². The van der Waals surface area contributed by atoms with Gasteiger partial charge in [0, 0.05) is 24.5 Å². The van der Waals surface area contributed by atoms with Crippen LogP contribution in [0.4, 0.5) is 0 Å². The smallest absolute Gasteiger partial charge is 0.243 e. The molecule has 0 aromatic heterocycles. The van der Waals surface area contributed by atoms with Crippen LogP contribution in [0.15, 0.2) is 72.8 Å². The van der Waals surface area contributed by atoms with Gasteiger partial charge in [-0.2, -0.15) is 0 Å². The van der Waals surface area contributed by atoms with E-state index in [1.54, 1.807) is 4.90 Å². The van der Waals surface area contributed by atoms with Crippen LogP contribution in [0, 0.1) is 19.8 Å². The molecule has 0 bridgehead atoms. The van der Waals surface area contributed by atoms with E-state index in [0.717, 1.165) is 27.8 Å². The van der Waals surface area contributed by atoms with Gasteiger partial charge in [0.25, 0.3) is 0 Å². The predicted octanol–water partition coefficient (Wildman–Crippen LogP) is 5.91. The summed E-state index contributed by atoms with van der Waals surface area (Å²) < 4.78 is 0. The summed E-state index contributed by atoms with van der Waals surface area (Å²) in [6.45, 7) is 9.01. The molecule has 0 radical (unpaired) electrons. The number of hydrogen-bond donors (Lipinski definition) is 1. The fourth-order valence-electron chi connectivity index (χ4n) is 4.06. The number of nitrogens with one attached hydrogen (secondary N) is 1. The van der Waals surface area contributed by atoms with Crippen LogP contribution in [0.1, 0.15) is 41.7 Å². The SMILES string of the molecule is Cc1ccc(C)c(CC(=O)N(Cc2cccc(Cl)c2)C(Cc2ccccc2)C(=O)NCC(C)C)c1. The Balaban J connectivity index is 1.98. The second-order valence-corrected chi connectivity index (χ2v) is 10.0. The molecule has 5 heteroatoms. The quantitative estimate of drug-likeness (QED) is 0.384. The maximum absolute atomic E-state index is 13.9. The van der Waals surface area contributed by atoms with E-state index in [4.69, 9.17) is 11.6 Å². The second kappa shape index (κ2) is 12.6. The molecule has 0 aliphatic rings. The highest BCUT2D eigenvalue weighted by molar-refractivity contribution is 6.30. The molecule has 184 valence electrons. The number of halogens is 1. The molecular formula is C30H35ClN2O2. The van der Waals surface area contributed by atoms with Crippen LogP contribution in [-0.4, -0.2) is 29.3 Å². The molecule has 0 fully saturated rings. The van der Waals surface area contributed by atoms with Gasteiger partial charge >= 0.3 is 0 Å². The summed E-state index contributed by atoms with van der Waals surface area (Å²) in [5, 5.41) is 3.67. The first kappa shape index (κ1) is 26.5. The molecule has 0 saturated heterocycles. The maximum Gasteiger partial charge on any atom is 0.243 e. The summed E-state index contributed by atoms with van der Waals surface area (Å²) in [5.74, 6) is 0.0848. The van der Waals surface area contributed by atoms with E-state index < -0.39 is 6.04 Å². The van der Waals surface area contributed by atoms with Gasteiger partial charge in [-0.25, -0.2) is 0 Å². The average molecular weight is 491 g/mol. The number of hydrogen-bond acceptors (Lipinski definition) is 2. The zero-order valence-corrected chi connectivity index (χ0v) is 21.8. The Morgan fingerprint density at radius 1 is 0.914 bits per heavy atom. The highest BCUT2D eigenvalue weighted by atomic mass is 35.5. The third kappa shape index (κ3) is 7.97. The molecule has 1 unspecified atom stereocenters. The monoisotopic (exact) mass is 490 g/mol. The van der Waals surface area contributed by atoms with Crippen molar-refractivity contribution in [3.8, 4) is 0 Å².